The maximum Gasteiger partial charge on any atom is 0.243 e. The van der Waals surface area contributed by atoms with E-state index < -0.39 is 10.0 Å². The summed E-state index contributed by atoms with van der Waals surface area (Å²) in [5.74, 6) is 0.0530. The molecule has 0 amide bonds. The molecule has 2 aliphatic rings. The van der Waals surface area contributed by atoms with Gasteiger partial charge >= 0.3 is 0 Å². The molecule has 2 saturated heterocycles. The lowest BCUT2D eigenvalue weighted by atomic mass is 9.96. The van der Waals surface area contributed by atoms with Crippen LogP contribution in [0.5, 0.6) is 0 Å². The third-order valence-corrected chi connectivity index (χ3v) is 4.82. The second kappa shape index (κ2) is 4.15. The molecule has 0 spiro atoms. The molecule has 3 atom stereocenters. The molecule has 18 heavy (non-hydrogen) atoms. The van der Waals surface area contributed by atoms with Gasteiger partial charge in [-0.1, -0.05) is 0 Å². The van der Waals surface area contributed by atoms with E-state index in [0.717, 1.165) is 19.3 Å². The highest BCUT2D eigenvalue weighted by Crippen LogP contribution is 2.34. The zero-order valence-electron chi connectivity index (χ0n) is 9.61. The summed E-state index contributed by atoms with van der Waals surface area (Å²) < 4.78 is 32.4. The first-order chi connectivity index (χ1) is 8.54. The Morgan fingerprint density at radius 3 is 2.61 bits per heavy atom. The van der Waals surface area contributed by atoms with Crippen LogP contribution in [0.1, 0.15) is 19.3 Å². The Hall–Kier alpha value is -1.25. The number of hydrogen-bond donors (Lipinski definition) is 2. The highest BCUT2D eigenvalue weighted by atomic mass is 32.2. The minimum atomic E-state index is -3.59. The van der Waals surface area contributed by atoms with Gasteiger partial charge in [0.25, 0.3) is 0 Å². The number of sulfonamides is 1. The predicted octanol–water partition coefficient (Wildman–Crippen LogP) is -0.343. The summed E-state index contributed by atoms with van der Waals surface area (Å²) >= 11 is 0. The van der Waals surface area contributed by atoms with Crippen molar-refractivity contribution < 1.29 is 13.2 Å². The molecule has 2 aliphatic heterocycles. The molecular formula is C10H14N4O3S. The maximum atomic E-state index is 12.1. The molecule has 0 saturated carbocycles. The van der Waals surface area contributed by atoms with E-state index in [1.54, 1.807) is 0 Å². The molecule has 98 valence electrons. The van der Waals surface area contributed by atoms with Crippen molar-refractivity contribution in [3.8, 4) is 0 Å². The molecule has 3 unspecified atom stereocenters. The predicted molar refractivity (Wildman–Crippen MR) is 63.1 cm³/mol. The van der Waals surface area contributed by atoms with Crippen LogP contribution in [-0.4, -0.2) is 36.6 Å². The Morgan fingerprint density at radius 2 is 2.06 bits per heavy atom. The monoisotopic (exact) mass is 270 g/mol. The Balaban J connectivity index is 1.77. The summed E-state index contributed by atoms with van der Waals surface area (Å²) in [4.78, 5) is 7.40. The average Bonchev–Trinajstić information content (AvgIpc) is 2.91. The molecule has 1 aromatic rings. The first kappa shape index (κ1) is 11.8. The minimum Gasteiger partial charge on any atom is -0.373 e. The number of fused-ring (bicyclic) bond motifs is 2. The van der Waals surface area contributed by atoms with E-state index in [1.807, 2.05) is 0 Å². The smallest absolute Gasteiger partial charge is 0.243 e. The van der Waals surface area contributed by atoms with E-state index >= 15 is 0 Å². The molecule has 8 heteroatoms. The van der Waals surface area contributed by atoms with Crippen LogP contribution < -0.4 is 10.5 Å². The van der Waals surface area contributed by atoms with E-state index in [2.05, 4.69) is 14.7 Å². The van der Waals surface area contributed by atoms with Crippen LogP contribution in [0.4, 0.5) is 5.95 Å². The van der Waals surface area contributed by atoms with E-state index in [4.69, 9.17) is 10.5 Å². The van der Waals surface area contributed by atoms with Gasteiger partial charge in [0, 0.05) is 0 Å². The van der Waals surface area contributed by atoms with Gasteiger partial charge in [0.1, 0.15) is 4.90 Å². The molecule has 7 nitrogen and oxygen atoms in total. The van der Waals surface area contributed by atoms with Crippen molar-refractivity contribution in [1.82, 2.24) is 14.7 Å². The molecule has 2 fully saturated rings. The molecular weight excluding hydrogens is 256 g/mol. The van der Waals surface area contributed by atoms with Gasteiger partial charge < -0.3 is 10.5 Å². The number of nitrogens with zero attached hydrogens (tertiary/aromatic N) is 2. The molecule has 2 bridgehead atoms. The van der Waals surface area contributed by atoms with Gasteiger partial charge in [-0.25, -0.2) is 23.1 Å². The van der Waals surface area contributed by atoms with Gasteiger partial charge in [0.2, 0.25) is 16.0 Å². The lowest BCUT2D eigenvalue weighted by molar-refractivity contribution is 0.0996. The highest BCUT2D eigenvalue weighted by molar-refractivity contribution is 7.89. The van der Waals surface area contributed by atoms with Gasteiger partial charge in [0.05, 0.1) is 30.6 Å². The number of rotatable bonds is 3. The highest BCUT2D eigenvalue weighted by Gasteiger charge is 2.42. The van der Waals surface area contributed by atoms with Crippen LogP contribution in [0, 0.1) is 0 Å². The van der Waals surface area contributed by atoms with Crippen LogP contribution in [0.3, 0.4) is 0 Å². The van der Waals surface area contributed by atoms with Crippen LogP contribution in [-0.2, 0) is 14.8 Å². The standard InChI is InChI=1S/C10H14N4O3S/c11-10-12-4-7(5-13-10)18(15,16)14-8-3-6-1-2-9(8)17-6/h4-6,8-9,14H,1-3H2,(H2,11,12,13). The van der Waals surface area contributed by atoms with Gasteiger partial charge in [-0.2, -0.15) is 0 Å². The molecule has 3 rings (SSSR count). The maximum absolute atomic E-state index is 12.1. The number of nitrogens with two attached hydrogens (primary N) is 1. The lowest BCUT2D eigenvalue weighted by Crippen LogP contribution is -2.41. The quantitative estimate of drug-likeness (QED) is 0.778. The van der Waals surface area contributed by atoms with E-state index in [9.17, 15) is 8.42 Å². The summed E-state index contributed by atoms with van der Waals surface area (Å²) in [6, 6.07) is -0.147. The number of nitrogen functional groups attached to an aromatic ring is 1. The zero-order chi connectivity index (χ0) is 12.8. The van der Waals surface area contributed by atoms with E-state index in [1.165, 1.54) is 12.4 Å². The topological polar surface area (TPSA) is 107 Å². The molecule has 1 aromatic heterocycles. The fraction of sp³-hybridized carbons (Fsp3) is 0.600. The fourth-order valence-electron chi connectivity index (χ4n) is 2.49. The Labute approximate surface area is 105 Å². The minimum absolute atomic E-state index is 0.000486. The van der Waals surface area contributed by atoms with Crippen molar-refractivity contribution in [2.75, 3.05) is 5.73 Å². The van der Waals surface area contributed by atoms with E-state index in [0.29, 0.717) is 0 Å². The van der Waals surface area contributed by atoms with Crippen molar-refractivity contribution in [3.63, 3.8) is 0 Å². The largest absolute Gasteiger partial charge is 0.373 e. The molecule has 3 N–H and O–H groups in total. The lowest BCUT2D eigenvalue weighted by Gasteiger charge is -2.19. The Kier molecular flexibility index (Phi) is 2.72. The third kappa shape index (κ3) is 2.06. The molecule has 0 radical (unpaired) electrons. The van der Waals surface area contributed by atoms with Crippen LogP contribution in [0.2, 0.25) is 0 Å². The van der Waals surface area contributed by atoms with E-state index in [-0.39, 0.29) is 29.1 Å². The Morgan fingerprint density at radius 1 is 1.33 bits per heavy atom. The Bertz CT molecular complexity index is 545. The number of nitrogens with one attached hydrogen (secondary N) is 1. The number of anilines is 1. The van der Waals surface area contributed by atoms with Gasteiger partial charge in [-0.3, -0.25) is 0 Å². The van der Waals surface area contributed by atoms with Crippen molar-refractivity contribution in [2.24, 2.45) is 0 Å². The molecule has 0 aliphatic carbocycles. The fourth-order valence-corrected chi connectivity index (χ4v) is 3.66. The SMILES string of the molecule is Nc1ncc(S(=O)(=O)NC2CC3CCC2O3)cn1. The second-order valence-electron chi connectivity index (χ2n) is 4.61. The summed E-state index contributed by atoms with van der Waals surface area (Å²) in [6.45, 7) is 0. The van der Waals surface area contributed by atoms with Crippen molar-refractivity contribution >= 4 is 16.0 Å². The van der Waals surface area contributed by atoms with Crippen LogP contribution in [0.15, 0.2) is 17.3 Å². The number of ether oxygens (including phenoxy) is 1. The average molecular weight is 270 g/mol. The molecule has 3 heterocycles. The summed E-state index contributed by atoms with van der Waals surface area (Å²) in [6.07, 6.45) is 5.28. The number of aromatic nitrogens is 2. The first-order valence-corrected chi connectivity index (χ1v) is 7.28. The summed E-state index contributed by atoms with van der Waals surface area (Å²) in [5.41, 5.74) is 5.33. The van der Waals surface area contributed by atoms with Crippen LogP contribution in [0.25, 0.3) is 0 Å². The zero-order valence-corrected chi connectivity index (χ0v) is 10.4. The van der Waals surface area contributed by atoms with Crippen LogP contribution >= 0.6 is 0 Å². The van der Waals surface area contributed by atoms with Crippen molar-refractivity contribution in [2.45, 2.75) is 42.4 Å². The van der Waals surface area contributed by atoms with Crippen molar-refractivity contribution in [3.05, 3.63) is 12.4 Å². The van der Waals surface area contributed by atoms with Gasteiger partial charge in [-0.05, 0) is 19.3 Å². The summed E-state index contributed by atoms with van der Waals surface area (Å²) in [5, 5.41) is 0. The molecule has 0 aromatic carbocycles. The summed E-state index contributed by atoms with van der Waals surface area (Å²) in [7, 11) is -3.59. The normalized spacial score (nSPS) is 30.8. The van der Waals surface area contributed by atoms with Crippen molar-refractivity contribution in [1.29, 1.82) is 0 Å². The second-order valence-corrected chi connectivity index (χ2v) is 6.33. The van der Waals surface area contributed by atoms with Gasteiger partial charge in [0.15, 0.2) is 0 Å². The first-order valence-electron chi connectivity index (χ1n) is 5.80. The number of hydrogen-bond acceptors (Lipinski definition) is 6. The van der Waals surface area contributed by atoms with Gasteiger partial charge in [-0.15, -0.1) is 0 Å². The third-order valence-electron chi connectivity index (χ3n) is 3.37.